The molecule has 6 heteroatoms. The quantitative estimate of drug-likeness (QED) is 0.766. The molecular weight excluding hydrogens is 320 g/mol. The maximum Gasteiger partial charge on any atom is 0.315 e. The van der Waals surface area contributed by atoms with Gasteiger partial charge in [-0.15, -0.1) is 11.8 Å². The van der Waals surface area contributed by atoms with E-state index >= 15 is 0 Å². The summed E-state index contributed by atoms with van der Waals surface area (Å²) in [6, 6.07) is 5.65. The van der Waals surface area contributed by atoms with Gasteiger partial charge in [0.25, 0.3) is 0 Å². The molecule has 22 heavy (non-hydrogen) atoms. The Bertz CT molecular complexity index is 537. The van der Waals surface area contributed by atoms with Crippen molar-refractivity contribution in [2.24, 2.45) is 5.41 Å². The van der Waals surface area contributed by atoms with E-state index in [9.17, 15) is 4.79 Å². The van der Waals surface area contributed by atoms with E-state index in [0.29, 0.717) is 18.0 Å². The van der Waals surface area contributed by atoms with Crippen LogP contribution in [-0.4, -0.2) is 30.0 Å². The summed E-state index contributed by atoms with van der Waals surface area (Å²) in [5.74, 6) is 0.982. The van der Waals surface area contributed by atoms with Gasteiger partial charge in [-0.2, -0.15) is 0 Å². The number of fused-ring (bicyclic) bond motifs is 1. The smallest absolute Gasteiger partial charge is 0.315 e. The molecular formula is C16H23ClN2O2S. The fourth-order valence-corrected chi connectivity index (χ4v) is 3.72. The number of aliphatic hydroxyl groups excluding tert-OH is 1. The monoisotopic (exact) mass is 342 g/mol. The Hall–Kier alpha value is -0.910. The Morgan fingerprint density at radius 3 is 3.00 bits per heavy atom. The molecule has 0 bridgehead atoms. The van der Waals surface area contributed by atoms with Crippen molar-refractivity contribution >= 4 is 29.4 Å². The molecule has 1 aromatic rings. The van der Waals surface area contributed by atoms with Crippen LogP contribution < -0.4 is 10.6 Å². The summed E-state index contributed by atoms with van der Waals surface area (Å²) in [5.41, 5.74) is 0.976. The first-order valence-corrected chi connectivity index (χ1v) is 8.85. The minimum Gasteiger partial charge on any atom is -0.396 e. The molecule has 3 N–H and O–H groups in total. The molecule has 0 spiro atoms. The molecule has 0 aliphatic carbocycles. The summed E-state index contributed by atoms with van der Waals surface area (Å²) in [4.78, 5) is 13.3. The molecule has 1 atom stereocenters. The van der Waals surface area contributed by atoms with Crippen LogP contribution in [0.2, 0.25) is 5.02 Å². The second kappa shape index (κ2) is 7.57. The van der Waals surface area contributed by atoms with Gasteiger partial charge in [0.1, 0.15) is 0 Å². The lowest BCUT2D eigenvalue weighted by Crippen LogP contribution is -2.43. The minimum atomic E-state index is -0.172. The Balaban J connectivity index is 1.95. The zero-order valence-electron chi connectivity index (χ0n) is 13.0. The SMILES string of the molecule is CC(C)(CCO)CNC(=O)NC1CCSc2ccc(Cl)cc21. The molecule has 1 aliphatic rings. The van der Waals surface area contributed by atoms with Gasteiger partial charge in [0.05, 0.1) is 6.04 Å². The molecule has 0 saturated carbocycles. The number of rotatable bonds is 5. The van der Waals surface area contributed by atoms with Gasteiger partial charge in [0, 0.05) is 28.8 Å². The standard InChI is InChI=1S/C16H23ClN2O2S/c1-16(2,6-7-20)10-18-15(21)19-13-5-8-22-14-4-3-11(17)9-12(13)14/h3-4,9,13,20H,5-8,10H2,1-2H3,(H2,18,19,21). The summed E-state index contributed by atoms with van der Waals surface area (Å²) in [6.07, 6.45) is 1.55. The number of urea groups is 1. The number of carbonyl (C=O) groups is 1. The number of thioether (sulfide) groups is 1. The van der Waals surface area contributed by atoms with E-state index in [1.165, 1.54) is 4.90 Å². The third-order valence-electron chi connectivity index (χ3n) is 3.83. The summed E-state index contributed by atoms with van der Waals surface area (Å²) in [7, 11) is 0. The lowest BCUT2D eigenvalue weighted by Gasteiger charge is -2.28. The van der Waals surface area contributed by atoms with Gasteiger partial charge < -0.3 is 15.7 Å². The molecule has 1 aromatic carbocycles. The van der Waals surface area contributed by atoms with Crippen molar-refractivity contribution in [1.82, 2.24) is 10.6 Å². The molecule has 2 amide bonds. The summed E-state index contributed by atoms with van der Waals surface area (Å²) in [5, 5.41) is 15.6. The molecule has 0 aromatic heterocycles. The third kappa shape index (κ3) is 4.80. The van der Waals surface area contributed by atoms with Crippen molar-refractivity contribution in [2.45, 2.75) is 37.6 Å². The van der Waals surface area contributed by atoms with Crippen molar-refractivity contribution in [2.75, 3.05) is 18.9 Å². The van der Waals surface area contributed by atoms with Crippen LogP contribution in [0, 0.1) is 5.41 Å². The molecule has 0 fully saturated rings. The zero-order valence-corrected chi connectivity index (χ0v) is 14.6. The molecule has 2 rings (SSSR count). The average molecular weight is 343 g/mol. The Morgan fingerprint density at radius 1 is 1.50 bits per heavy atom. The van der Waals surface area contributed by atoms with Crippen molar-refractivity contribution in [3.05, 3.63) is 28.8 Å². The second-order valence-electron chi connectivity index (χ2n) is 6.34. The maximum atomic E-state index is 12.1. The van der Waals surface area contributed by atoms with Crippen LogP contribution in [0.4, 0.5) is 4.79 Å². The Morgan fingerprint density at radius 2 is 2.27 bits per heavy atom. The van der Waals surface area contributed by atoms with E-state index in [1.54, 1.807) is 11.8 Å². The van der Waals surface area contributed by atoms with Crippen LogP contribution in [0.15, 0.2) is 23.1 Å². The van der Waals surface area contributed by atoms with E-state index in [-0.39, 0.29) is 24.1 Å². The number of hydrogen-bond acceptors (Lipinski definition) is 3. The molecule has 1 heterocycles. The summed E-state index contributed by atoms with van der Waals surface area (Å²) < 4.78 is 0. The van der Waals surface area contributed by atoms with Gasteiger partial charge in [-0.3, -0.25) is 0 Å². The van der Waals surface area contributed by atoms with E-state index in [1.807, 2.05) is 32.0 Å². The number of halogens is 1. The number of benzene rings is 1. The highest BCUT2D eigenvalue weighted by Gasteiger charge is 2.24. The highest BCUT2D eigenvalue weighted by molar-refractivity contribution is 7.99. The number of carbonyl (C=O) groups excluding carboxylic acids is 1. The van der Waals surface area contributed by atoms with Gasteiger partial charge in [-0.05, 0) is 42.0 Å². The van der Waals surface area contributed by atoms with Crippen LogP contribution in [0.1, 0.15) is 38.3 Å². The predicted octanol–water partition coefficient (Wildman–Crippen LogP) is 3.58. The summed E-state index contributed by atoms with van der Waals surface area (Å²) in [6.45, 7) is 4.71. The first-order chi connectivity index (χ1) is 10.4. The highest BCUT2D eigenvalue weighted by Crippen LogP contribution is 2.37. The van der Waals surface area contributed by atoms with Gasteiger partial charge >= 0.3 is 6.03 Å². The van der Waals surface area contributed by atoms with Crippen LogP contribution in [-0.2, 0) is 0 Å². The molecule has 1 unspecified atom stereocenters. The molecule has 4 nitrogen and oxygen atoms in total. The van der Waals surface area contributed by atoms with Crippen LogP contribution in [0.3, 0.4) is 0 Å². The number of aliphatic hydroxyl groups is 1. The number of nitrogens with one attached hydrogen (secondary N) is 2. The Kier molecular flexibility index (Phi) is 6.01. The molecule has 0 radical (unpaired) electrons. The van der Waals surface area contributed by atoms with Gasteiger partial charge in [-0.25, -0.2) is 4.79 Å². The number of amides is 2. The first-order valence-electron chi connectivity index (χ1n) is 7.49. The van der Waals surface area contributed by atoms with E-state index < -0.39 is 0 Å². The Labute approximate surface area is 141 Å². The topological polar surface area (TPSA) is 61.4 Å². The molecule has 1 aliphatic heterocycles. The fourth-order valence-electron chi connectivity index (χ4n) is 2.44. The van der Waals surface area contributed by atoms with Gasteiger partial charge in [-0.1, -0.05) is 25.4 Å². The molecule has 0 saturated heterocycles. The lowest BCUT2D eigenvalue weighted by molar-refractivity contribution is 0.200. The van der Waals surface area contributed by atoms with Gasteiger partial charge in [0.15, 0.2) is 0 Å². The summed E-state index contributed by atoms with van der Waals surface area (Å²) >= 11 is 7.87. The third-order valence-corrected chi connectivity index (χ3v) is 5.19. The molecule has 122 valence electrons. The van der Waals surface area contributed by atoms with Crippen molar-refractivity contribution in [3.63, 3.8) is 0 Å². The fraction of sp³-hybridized carbons (Fsp3) is 0.562. The van der Waals surface area contributed by atoms with Crippen molar-refractivity contribution in [3.8, 4) is 0 Å². The predicted molar refractivity (Wildman–Crippen MR) is 91.6 cm³/mol. The van der Waals surface area contributed by atoms with E-state index in [2.05, 4.69) is 10.6 Å². The maximum absolute atomic E-state index is 12.1. The normalized spacial score (nSPS) is 17.7. The van der Waals surface area contributed by atoms with Crippen molar-refractivity contribution in [1.29, 1.82) is 0 Å². The largest absolute Gasteiger partial charge is 0.396 e. The average Bonchev–Trinajstić information content (AvgIpc) is 2.46. The van der Waals surface area contributed by atoms with Crippen LogP contribution in [0.25, 0.3) is 0 Å². The highest BCUT2D eigenvalue weighted by atomic mass is 35.5. The second-order valence-corrected chi connectivity index (χ2v) is 7.91. The van der Waals surface area contributed by atoms with E-state index in [0.717, 1.165) is 17.7 Å². The zero-order chi connectivity index (χ0) is 16.2. The number of hydrogen-bond donors (Lipinski definition) is 3. The van der Waals surface area contributed by atoms with Crippen LogP contribution in [0.5, 0.6) is 0 Å². The van der Waals surface area contributed by atoms with Crippen molar-refractivity contribution < 1.29 is 9.90 Å². The lowest BCUT2D eigenvalue weighted by atomic mass is 9.90. The van der Waals surface area contributed by atoms with Gasteiger partial charge in [0.2, 0.25) is 0 Å². The minimum absolute atomic E-state index is 0.00379. The first kappa shape index (κ1) is 17.4. The van der Waals surface area contributed by atoms with Crippen LogP contribution >= 0.6 is 23.4 Å². The van der Waals surface area contributed by atoms with E-state index in [4.69, 9.17) is 16.7 Å².